The van der Waals surface area contributed by atoms with Gasteiger partial charge in [-0.15, -0.1) is 0 Å². The number of rotatable bonds is 9. The van der Waals surface area contributed by atoms with Crippen molar-refractivity contribution < 1.29 is 18.0 Å². The Bertz CT molecular complexity index is 930. The lowest BCUT2D eigenvalue weighted by atomic mass is 10.1. The van der Waals surface area contributed by atoms with Crippen LogP contribution in [0.15, 0.2) is 53.4 Å². The van der Waals surface area contributed by atoms with Gasteiger partial charge in [-0.3, -0.25) is 9.59 Å². The van der Waals surface area contributed by atoms with Crippen molar-refractivity contribution >= 4 is 39.1 Å². The smallest absolute Gasteiger partial charge is 0.243 e. The highest BCUT2D eigenvalue weighted by molar-refractivity contribution is 7.89. The Hall–Kier alpha value is -2.42. The fourth-order valence-electron chi connectivity index (χ4n) is 2.41. The summed E-state index contributed by atoms with van der Waals surface area (Å²) in [6, 6.07) is 13.1. The number of carbonyl (C=O) groups excluding carboxylic acids is 2. The van der Waals surface area contributed by atoms with Gasteiger partial charge < -0.3 is 10.6 Å². The average molecular weight is 424 g/mol. The van der Waals surface area contributed by atoms with Gasteiger partial charge in [0.1, 0.15) is 0 Å². The lowest BCUT2D eigenvalue weighted by Gasteiger charge is -2.10. The number of hydrogen-bond acceptors (Lipinski definition) is 4. The third-order valence-corrected chi connectivity index (χ3v) is 5.62. The number of amides is 2. The van der Waals surface area contributed by atoms with Crippen molar-refractivity contribution in [2.75, 3.05) is 18.4 Å². The lowest BCUT2D eigenvalue weighted by molar-refractivity contribution is -0.124. The minimum atomic E-state index is -3.72. The first-order valence-corrected chi connectivity index (χ1v) is 10.6. The molecule has 2 amide bonds. The van der Waals surface area contributed by atoms with E-state index in [0.29, 0.717) is 10.7 Å². The number of nitrogens with one attached hydrogen (secondary N) is 3. The average Bonchev–Trinajstić information content (AvgIpc) is 2.67. The van der Waals surface area contributed by atoms with Gasteiger partial charge in [0.2, 0.25) is 21.8 Å². The Morgan fingerprint density at radius 1 is 1.00 bits per heavy atom. The van der Waals surface area contributed by atoms with Crippen molar-refractivity contribution in [3.8, 4) is 0 Å². The van der Waals surface area contributed by atoms with Gasteiger partial charge in [-0.25, -0.2) is 13.1 Å². The van der Waals surface area contributed by atoms with Crippen LogP contribution in [-0.4, -0.2) is 33.3 Å². The molecule has 3 N–H and O–H groups in total. The fourth-order valence-corrected chi connectivity index (χ4v) is 3.57. The molecular formula is C19H22ClN3O4S. The Balaban J connectivity index is 1.75. The van der Waals surface area contributed by atoms with Crippen LogP contribution in [0.3, 0.4) is 0 Å². The SMILES string of the molecule is CCc1ccccc1NC(=O)CNC(=O)CCNS(=O)(=O)c1ccc(Cl)cc1. The predicted molar refractivity (Wildman–Crippen MR) is 109 cm³/mol. The molecule has 2 rings (SSSR count). The quantitative estimate of drug-likeness (QED) is 0.575. The van der Waals surface area contributed by atoms with Gasteiger partial charge in [0.05, 0.1) is 11.4 Å². The fraction of sp³-hybridized carbons (Fsp3) is 0.263. The molecule has 7 nitrogen and oxygen atoms in total. The molecule has 0 saturated heterocycles. The molecule has 0 radical (unpaired) electrons. The maximum absolute atomic E-state index is 12.1. The first kappa shape index (κ1) is 21.9. The zero-order valence-electron chi connectivity index (χ0n) is 15.4. The van der Waals surface area contributed by atoms with Gasteiger partial charge in [-0.05, 0) is 42.3 Å². The molecule has 2 aromatic carbocycles. The summed E-state index contributed by atoms with van der Waals surface area (Å²) in [6.45, 7) is 1.70. The molecule has 0 aliphatic carbocycles. The number of anilines is 1. The van der Waals surface area contributed by atoms with E-state index in [0.717, 1.165) is 12.0 Å². The Morgan fingerprint density at radius 3 is 2.36 bits per heavy atom. The lowest BCUT2D eigenvalue weighted by Crippen LogP contribution is -2.35. The summed E-state index contributed by atoms with van der Waals surface area (Å²) in [5.74, 6) is -0.784. The molecule has 0 bridgehead atoms. The maximum Gasteiger partial charge on any atom is 0.243 e. The Labute approximate surface area is 169 Å². The topological polar surface area (TPSA) is 104 Å². The molecule has 0 spiro atoms. The summed E-state index contributed by atoms with van der Waals surface area (Å²) in [4.78, 5) is 23.9. The summed E-state index contributed by atoms with van der Waals surface area (Å²) in [6.07, 6.45) is 0.683. The maximum atomic E-state index is 12.1. The standard InChI is InChI=1S/C19H22ClN3O4S/c1-2-14-5-3-4-6-17(14)23-19(25)13-21-18(24)11-12-22-28(26,27)16-9-7-15(20)8-10-16/h3-10,22H,2,11-13H2,1H3,(H,21,24)(H,23,25). The molecule has 0 atom stereocenters. The molecule has 0 aliphatic rings. The van der Waals surface area contributed by atoms with Crippen molar-refractivity contribution in [1.82, 2.24) is 10.0 Å². The number of benzene rings is 2. The number of para-hydroxylation sites is 1. The summed E-state index contributed by atoms with van der Waals surface area (Å²) in [5.41, 5.74) is 1.71. The molecule has 150 valence electrons. The van der Waals surface area contributed by atoms with E-state index in [9.17, 15) is 18.0 Å². The number of halogens is 1. The number of carbonyl (C=O) groups is 2. The molecule has 0 saturated carbocycles. The van der Waals surface area contributed by atoms with Crippen molar-refractivity contribution in [3.63, 3.8) is 0 Å². The normalized spacial score (nSPS) is 11.1. The largest absolute Gasteiger partial charge is 0.347 e. The van der Waals surface area contributed by atoms with Gasteiger partial charge in [0.25, 0.3) is 0 Å². The molecule has 2 aromatic rings. The second-order valence-electron chi connectivity index (χ2n) is 5.94. The van der Waals surface area contributed by atoms with E-state index >= 15 is 0 Å². The van der Waals surface area contributed by atoms with Crippen molar-refractivity contribution in [3.05, 3.63) is 59.1 Å². The van der Waals surface area contributed by atoms with Crippen LogP contribution in [-0.2, 0) is 26.0 Å². The van der Waals surface area contributed by atoms with E-state index in [1.807, 2.05) is 25.1 Å². The second-order valence-corrected chi connectivity index (χ2v) is 8.14. The van der Waals surface area contributed by atoms with Gasteiger partial charge in [-0.2, -0.15) is 0 Å². The van der Waals surface area contributed by atoms with E-state index in [1.165, 1.54) is 24.3 Å². The van der Waals surface area contributed by atoms with E-state index in [1.54, 1.807) is 6.07 Å². The number of aryl methyl sites for hydroxylation is 1. The second kappa shape index (κ2) is 10.2. The van der Waals surface area contributed by atoms with E-state index in [-0.39, 0.29) is 30.3 Å². The van der Waals surface area contributed by atoms with E-state index < -0.39 is 15.9 Å². The molecule has 0 unspecified atom stereocenters. The minimum absolute atomic E-state index is 0.0614. The zero-order chi connectivity index (χ0) is 20.6. The van der Waals surface area contributed by atoms with Crippen LogP contribution in [0.4, 0.5) is 5.69 Å². The van der Waals surface area contributed by atoms with Crippen molar-refractivity contribution in [1.29, 1.82) is 0 Å². The van der Waals surface area contributed by atoms with Crippen LogP contribution in [0.2, 0.25) is 5.02 Å². The molecular weight excluding hydrogens is 402 g/mol. The first-order chi connectivity index (χ1) is 13.3. The highest BCUT2D eigenvalue weighted by Crippen LogP contribution is 2.15. The molecule has 9 heteroatoms. The summed E-state index contributed by atoms with van der Waals surface area (Å²) >= 11 is 5.74. The molecule has 0 aromatic heterocycles. The van der Waals surface area contributed by atoms with Crippen LogP contribution >= 0.6 is 11.6 Å². The monoisotopic (exact) mass is 423 g/mol. The van der Waals surface area contributed by atoms with Crippen LogP contribution in [0, 0.1) is 0 Å². The van der Waals surface area contributed by atoms with E-state index in [2.05, 4.69) is 15.4 Å². The third kappa shape index (κ3) is 6.63. The zero-order valence-corrected chi connectivity index (χ0v) is 16.9. The Kier molecular flexibility index (Phi) is 7.98. The first-order valence-electron chi connectivity index (χ1n) is 8.71. The van der Waals surface area contributed by atoms with Crippen LogP contribution in [0.25, 0.3) is 0 Å². The number of sulfonamides is 1. The Morgan fingerprint density at radius 2 is 1.68 bits per heavy atom. The molecule has 28 heavy (non-hydrogen) atoms. The highest BCUT2D eigenvalue weighted by atomic mass is 35.5. The third-order valence-electron chi connectivity index (χ3n) is 3.89. The molecule has 0 heterocycles. The van der Waals surface area contributed by atoms with Gasteiger partial charge in [0, 0.05) is 23.7 Å². The van der Waals surface area contributed by atoms with Gasteiger partial charge in [0.15, 0.2) is 0 Å². The molecule has 0 fully saturated rings. The summed E-state index contributed by atoms with van der Waals surface area (Å²) < 4.78 is 26.5. The predicted octanol–water partition coefficient (Wildman–Crippen LogP) is 2.33. The van der Waals surface area contributed by atoms with Gasteiger partial charge in [-0.1, -0.05) is 36.7 Å². The van der Waals surface area contributed by atoms with Gasteiger partial charge >= 0.3 is 0 Å². The molecule has 0 aliphatic heterocycles. The van der Waals surface area contributed by atoms with Crippen LogP contribution in [0.5, 0.6) is 0 Å². The van der Waals surface area contributed by atoms with Crippen LogP contribution in [0.1, 0.15) is 18.9 Å². The van der Waals surface area contributed by atoms with Crippen molar-refractivity contribution in [2.45, 2.75) is 24.7 Å². The summed E-state index contributed by atoms with van der Waals surface area (Å²) in [5, 5.41) is 5.65. The van der Waals surface area contributed by atoms with Crippen molar-refractivity contribution in [2.24, 2.45) is 0 Å². The number of hydrogen-bond donors (Lipinski definition) is 3. The van der Waals surface area contributed by atoms with E-state index in [4.69, 9.17) is 11.6 Å². The summed E-state index contributed by atoms with van der Waals surface area (Å²) in [7, 11) is -3.72. The van der Waals surface area contributed by atoms with Crippen LogP contribution < -0.4 is 15.4 Å². The highest BCUT2D eigenvalue weighted by Gasteiger charge is 2.14. The minimum Gasteiger partial charge on any atom is -0.347 e.